The fourth-order valence-corrected chi connectivity index (χ4v) is 1.17. The van der Waals surface area contributed by atoms with Gasteiger partial charge in [-0.15, -0.1) is 12.4 Å². The third-order valence-corrected chi connectivity index (χ3v) is 1.95. The zero-order valence-electron chi connectivity index (χ0n) is 7.22. The van der Waals surface area contributed by atoms with Crippen molar-refractivity contribution in [1.29, 1.82) is 0 Å². The molecule has 0 unspecified atom stereocenters. The van der Waals surface area contributed by atoms with Crippen LogP contribution in [0.1, 0.15) is 11.3 Å². The molecule has 0 fully saturated rings. The van der Waals surface area contributed by atoms with Crippen LogP contribution in [0.25, 0.3) is 0 Å². The van der Waals surface area contributed by atoms with Gasteiger partial charge in [-0.2, -0.15) is 0 Å². The van der Waals surface area contributed by atoms with Crippen molar-refractivity contribution < 1.29 is 4.74 Å². The minimum atomic E-state index is 0. The summed E-state index contributed by atoms with van der Waals surface area (Å²) in [6.45, 7) is 3.86. The summed E-state index contributed by atoms with van der Waals surface area (Å²) >= 11 is 5.81. The van der Waals surface area contributed by atoms with Crippen LogP contribution in [-0.2, 0) is 0 Å². The molecule has 4 heteroatoms. The molecule has 0 bridgehead atoms. The zero-order valence-corrected chi connectivity index (χ0v) is 8.79. The number of ether oxygens (including phenoxy) is 1. The van der Waals surface area contributed by atoms with Crippen LogP contribution < -0.4 is 4.74 Å². The van der Waals surface area contributed by atoms with E-state index in [4.69, 9.17) is 16.3 Å². The van der Waals surface area contributed by atoms with Crippen LogP contribution in [0.2, 0.25) is 5.02 Å². The lowest BCUT2D eigenvalue weighted by Gasteiger charge is -2.07. The summed E-state index contributed by atoms with van der Waals surface area (Å²) in [5, 5.41) is 0.565. The number of pyridine rings is 1. The predicted molar refractivity (Wildman–Crippen MR) is 52.5 cm³/mol. The van der Waals surface area contributed by atoms with Gasteiger partial charge < -0.3 is 4.74 Å². The average Bonchev–Trinajstić information content (AvgIpc) is 1.99. The Morgan fingerprint density at radius 1 is 1.42 bits per heavy atom. The summed E-state index contributed by atoms with van der Waals surface area (Å²) in [7, 11) is 1.60. The molecule has 1 aromatic heterocycles. The van der Waals surface area contributed by atoms with Crippen LogP contribution in [0, 0.1) is 13.8 Å². The minimum absolute atomic E-state index is 0. The van der Waals surface area contributed by atoms with Crippen LogP contribution in [0.4, 0.5) is 0 Å². The van der Waals surface area contributed by atoms with Gasteiger partial charge in [0.25, 0.3) is 0 Å². The summed E-state index contributed by atoms with van der Waals surface area (Å²) in [5.41, 5.74) is 1.95. The predicted octanol–water partition coefficient (Wildman–Crippen LogP) is 2.78. The lowest BCUT2D eigenvalue weighted by atomic mass is 10.2. The van der Waals surface area contributed by atoms with Gasteiger partial charge in [-0.25, -0.2) is 0 Å². The van der Waals surface area contributed by atoms with E-state index in [-0.39, 0.29) is 12.4 Å². The van der Waals surface area contributed by atoms with E-state index in [0.717, 1.165) is 17.0 Å². The molecule has 0 saturated carbocycles. The summed E-state index contributed by atoms with van der Waals surface area (Å²) < 4.78 is 5.08. The summed E-state index contributed by atoms with van der Waals surface area (Å²) in [4.78, 5) is 4.07. The zero-order chi connectivity index (χ0) is 8.43. The second-order valence-electron chi connectivity index (χ2n) is 2.35. The van der Waals surface area contributed by atoms with Crippen LogP contribution in [0.5, 0.6) is 5.75 Å². The third-order valence-electron chi connectivity index (χ3n) is 1.68. The number of nitrogens with zero attached hydrogens (tertiary/aromatic N) is 1. The Bertz CT molecular complexity index is 276. The largest absolute Gasteiger partial charge is 0.495 e. The van der Waals surface area contributed by atoms with E-state index in [9.17, 15) is 0 Å². The number of aryl methyl sites for hydroxylation is 1. The number of halogens is 2. The average molecular weight is 208 g/mol. The van der Waals surface area contributed by atoms with Crippen molar-refractivity contribution in [2.75, 3.05) is 7.11 Å². The second kappa shape index (κ2) is 4.53. The second-order valence-corrected chi connectivity index (χ2v) is 2.76. The van der Waals surface area contributed by atoms with Gasteiger partial charge in [0.05, 0.1) is 7.11 Å². The standard InChI is InChI=1S/C8H10ClNO.ClH/c1-5-6(2)10-4-7(9)8(5)11-3;/h4H,1-3H3;1H. The highest BCUT2D eigenvalue weighted by Gasteiger charge is 2.06. The maximum Gasteiger partial charge on any atom is 0.143 e. The van der Waals surface area contributed by atoms with Crippen molar-refractivity contribution in [2.45, 2.75) is 13.8 Å². The molecule has 0 spiro atoms. The normalized spacial score (nSPS) is 9.00. The first-order valence-corrected chi connectivity index (χ1v) is 3.70. The van der Waals surface area contributed by atoms with Gasteiger partial charge in [0, 0.05) is 17.5 Å². The number of rotatable bonds is 1. The highest BCUT2D eigenvalue weighted by Crippen LogP contribution is 2.28. The molecule has 2 nitrogen and oxygen atoms in total. The highest BCUT2D eigenvalue weighted by molar-refractivity contribution is 6.32. The Labute approximate surface area is 83.3 Å². The molecule has 0 radical (unpaired) electrons. The Hall–Kier alpha value is -0.470. The summed E-state index contributed by atoms with van der Waals surface area (Å²) in [6, 6.07) is 0. The Morgan fingerprint density at radius 3 is 2.42 bits per heavy atom. The first-order valence-electron chi connectivity index (χ1n) is 3.32. The molecule has 1 heterocycles. The molecule has 0 saturated heterocycles. The molecule has 0 aliphatic heterocycles. The van der Waals surface area contributed by atoms with Crippen molar-refractivity contribution in [3.8, 4) is 5.75 Å². The van der Waals surface area contributed by atoms with Crippen LogP contribution in [-0.4, -0.2) is 12.1 Å². The number of hydrogen-bond donors (Lipinski definition) is 0. The van der Waals surface area contributed by atoms with Crippen molar-refractivity contribution >= 4 is 24.0 Å². The van der Waals surface area contributed by atoms with E-state index >= 15 is 0 Å². The quantitative estimate of drug-likeness (QED) is 0.707. The maximum atomic E-state index is 5.81. The first kappa shape index (κ1) is 11.5. The molecule has 0 amide bonds. The van der Waals surface area contributed by atoms with Gasteiger partial charge in [-0.05, 0) is 13.8 Å². The third kappa shape index (κ3) is 2.02. The van der Waals surface area contributed by atoms with E-state index in [2.05, 4.69) is 4.98 Å². The SMILES string of the molecule is COc1c(Cl)cnc(C)c1C.Cl. The topological polar surface area (TPSA) is 22.1 Å². The van der Waals surface area contributed by atoms with Crippen molar-refractivity contribution in [1.82, 2.24) is 4.98 Å². The van der Waals surface area contributed by atoms with E-state index in [0.29, 0.717) is 5.02 Å². The Balaban J connectivity index is 0.00000121. The molecular weight excluding hydrogens is 197 g/mol. The number of methoxy groups -OCH3 is 1. The molecule has 1 rings (SSSR count). The summed E-state index contributed by atoms with van der Waals surface area (Å²) in [6.07, 6.45) is 1.60. The number of aromatic nitrogens is 1. The molecule has 0 aliphatic carbocycles. The number of hydrogen-bond acceptors (Lipinski definition) is 2. The van der Waals surface area contributed by atoms with Gasteiger partial charge in [-0.3, -0.25) is 4.98 Å². The fraction of sp³-hybridized carbons (Fsp3) is 0.375. The van der Waals surface area contributed by atoms with Gasteiger partial charge >= 0.3 is 0 Å². The van der Waals surface area contributed by atoms with Crippen molar-refractivity contribution in [3.63, 3.8) is 0 Å². The molecule has 0 N–H and O–H groups in total. The molecular formula is C8H11Cl2NO. The maximum absolute atomic E-state index is 5.81. The first-order chi connectivity index (χ1) is 5.16. The van der Waals surface area contributed by atoms with E-state index in [1.54, 1.807) is 13.3 Å². The highest BCUT2D eigenvalue weighted by atomic mass is 35.5. The van der Waals surface area contributed by atoms with Crippen LogP contribution in [0.3, 0.4) is 0 Å². The molecule has 0 atom stereocenters. The fourth-order valence-electron chi connectivity index (χ4n) is 0.903. The van der Waals surface area contributed by atoms with Gasteiger partial charge in [0.1, 0.15) is 10.8 Å². The molecule has 0 aliphatic rings. The van der Waals surface area contributed by atoms with Crippen molar-refractivity contribution in [2.24, 2.45) is 0 Å². The van der Waals surface area contributed by atoms with Crippen LogP contribution >= 0.6 is 24.0 Å². The van der Waals surface area contributed by atoms with Gasteiger partial charge in [-0.1, -0.05) is 11.6 Å². The molecule has 12 heavy (non-hydrogen) atoms. The Kier molecular flexibility index (Phi) is 4.35. The van der Waals surface area contributed by atoms with Gasteiger partial charge in [0.2, 0.25) is 0 Å². The van der Waals surface area contributed by atoms with E-state index < -0.39 is 0 Å². The molecule has 1 aromatic rings. The van der Waals surface area contributed by atoms with E-state index in [1.807, 2.05) is 13.8 Å². The Morgan fingerprint density at radius 2 is 2.00 bits per heavy atom. The lowest BCUT2D eigenvalue weighted by molar-refractivity contribution is 0.410. The smallest absolute Gasteiger partial charge is 0.143 e. The summed E-state index contributed by atoms with van der Waals surface area (Å²) in [5.74, 6) is 0.721. The lowest BCUT2D eigenvalue weighted by Crippen LogP contribution is -1.93. The molecule has 68 valence electrons. The minimum Gasteiger partial charge on any atom is -0.495 e. The van der Waals surface area contributed by atoms with E-state index in [1.165, 1.54) is 0 Å². The molecule has 0 aromatic carbocycles. The van der Waals surface area contributed by atoms with Crippen LogP contribution in [0.15, 0.2) is 6.20 Å². The van der Waals surface area contributed by atoms with Gasteiger partial charge in [0.15, 0.2) is 0 Å². The van der Waals surface area contributed by atoms with Crippen molar-refractivity contribution in [3.05, 3.63) is 22.5 Å². The monoisotopic (exact) mass is 207 g/mol.